The molecule has 0 saturated heterocycles. The Morgan fingerprint density at radius 2 is 1.52 bits per heavy atom. The van der Waals surface area contributed by atoms with E-state index in [1.54, 1.807) is 41.8 Å². The Morgan fingerprint density at radius 1 is 0.870 bits per heavy atom. The molecule has 0 saturated carbocycles. The summed E-state index contributed by atoms with van der Waals surface area (Å²) >= 11 is 1.61. The number of aliphatic hydroxyl groups excluding tert-OH is 1. The molecule has 0 fully saturated rings. The molecule has 0 radical (unpaired) electrons. The van der Waals surface area contributed by atoms with Gasteiger partial charge in [-0.3, -0.25) is 9.59 Å². The van der Waals surface area contributed by atoms with Gasteiger partial charge in [-0.2, -0.15) is 0 Å². The summed E-state index contributed by atoms with van der Waals surface area (Å²) in [5, 5.41) is 24.1. The molecule has 3 N–H and O–H groups in total. The molecule has 46 heavy (non-hydrogen) atoms. The number of rotatable bonds is 16. The fourth-order valence-electron chi connectivity index (χ4n) is 5.28. The van der Waals surface area contributed by atoms with Crippen LogP contribution in [0.2, 0.25) is 0 Å². The normalized spacial score (nSPS) is 12.3. The van der Waals surface area contributed by atoms with Gasteiger partial charge in [0.1, 0.15) is 11.6 Å². The fourth-order valence-corrected chi connectivity index (χ4v) is 6.02. The zero-order chi connectivity index (χ0) is 33.8. The smallest absolute Gasteiger partial charge is 0.407 e. The number of carbonyl (C=O) groups is 3. The van der Waals surface area contributed by atoms with Crippen LogP contribution in [0, 0.1) is 18.6 Å². The second-order valence-corrected chi connectivity index (χ2v) is 12.6. The van der Waals surface area contributed by atoms with Crippen molar-refractivity contribution in [2.45, 2.75) is 70.5 Å². The van der Waals surface area contributed by atoms with E-state index in [0.29, 0.717) is 24.2 Å². The summed E-state index contributed by atoms with van der Waals surface area (Å²) in [7, 11) is 0. The van der Waals surface area contributed by atoms with E-state index in [1.807, 2.05) is 39.0 Å². The van der Waals surface area contributed by atoms with E-state index >= 15 is 0 Å². The number of carboxylic acid groups (broad SMARTS) is 1. The minimum absolute atomic E-state index is 0.0187. The first-order chi connectivity index (χ1) is 21.9. The van der Waals surface area contributed by atoms with Gasteiger partial charge in [-0.15, -0.1) is 11.8 Å². The molecule has 248 valence electrons. The second kappa shape index (κ2) is 17.7. The third kappa shape index (κ3) is 10.8. The maximum absolute atomic E-state index is 14.1. The van der Waals surface area contributed by atoms with E-state index in [0.717, 1.165) is 52.2 Å². The average Bonchev–Trinajstić information content (AvgIpc) is 2.99. The van der Waals surface area contributed by atoms with Crippen molar-refractivity contribution >= 4 is 29.7 Å². The van der Waals surface area contributed by atoms with Crippen LogP contribution in [0.3, 0.4) is 0 Å². The van der Waals surface area contributed by atoms with Gasteiger partial charge in [0.2, 0.25) is 0 Å². The van der Waals surface area contributed by atoms with E-state index in [4.69, 9.17) is 0 Å². The van der Waals surface area contributed by atoms with Crippen LogP contribution in [0.1, 0.15) is 71.0 Å². The van der Waals surface area contributed by atoms with Crippen LogP contribution in [0.4, 0.5) is 13.6 Å². The van der Waals surface area contributed by atoms with Crippen molar-refractivity contribution in [3.8, 4) is 0 Å². The van der Waals surface area contributed by atoms with Crippen LogP contribution in [0.25, 0.3) is 0 Å². The molecule has 3 rings (SSSR count). The van der Waals surface area contributed by atoms with Gasteiger partial charge >= 0.3 is 6.09 Å². The summed E-state index contributed by atoms with van der Waals surface area (Å²) in [5.74, 6) is -1.62. The van der Waals surface area contributed by atoms with Gasteiger partial charge in [-0.05, 0) is 91.1 Å². The molecule has 0 aliphatic rings. The number of aryl methyl sites for hydroxylation is 1. The molecular weight excluding hydrogens is 612 g/mol. The molecule has 2 atom stereocenters. The molecule has 0 bridgehead atoms. The SMILES string of the molecule is CCCN(CCC)C(=O)c1cc(C)cc(C(=O)N[C@@H](Cc2cc(F)cc(F)c2)[C@H](O)CN(Cc2cccc(SCC)c2)C(=O)O)c1. The van der Waals surface area contributed by atoms with Crippen LogP contribution >= 0.6 is 11.8 Å². The lowest BCUT2D eigenvalue weighted by molar-refractivity contribution is 0.0640. The van der Waals surface area contributed by atoms with Gasteiger partial charge in [-0.25, -0.2) is 13.6 Å². The lowest BCUT2D eigenvalue weighted by Gasteiger charge is -2.29. The van der Waals surface area contributed by atoms with Crippen molar-refractivity contribution in [2.24, 2.45) is 0 Å². The monoisotopic (exact) mass is 655 g/mol. The highest BCUT2D eigenvalue weighted by Crippen LogP contribution is 2.21. The highest BCUT2D eigenvalue weighted by Gasteiger charge is 2.28. The van der Waals surface area contributed by atoms with Crippen LogP contribution in [0.5, 0.6) is 0 Å². The number of thioether (sulfide) groups is 1. The standard InChI is InChI=1S/C35H43F2N3O5S/c1-5-11-39(12-6-2)34(43)27-14-23(4)13-26(19-27)33(42)38-31(18-25-15-28(36)20-29(37)16-25)32(41)22-40(35(44)45)21-24-9-8-10-30(17-24)46-7-3/h8-10,13-17,19-20,31-32,41H,5-7,11-12,18,21-22H2,1-4H3,(H,38,42)(H,44,45)/t31-,32+/m0/s1. The minimum atomic E-state index is -1.45. The average molecular weight is 656 g/mol. The highest BCUT2D eigenvalue weighted by atomic mass is 32.2. The molecule has 3 aromatic rings. The number of hydrogen-bond acceptors (Lipinski definition) is 5. The molecule has 0 aliphatic carbocycles. The lowest BCUT2D eigenvalue weighted by Crippen LogP contribution is -2.50. The van der Waals surface area contributed by atoms with E-state index < -0.39 is 35.8 Å². The zero-order valence-corrected chi connectivity index (χ0v) is 27.6. The molecule has 0 unspecified atom stereocenters. The number of hydrogen-bond donors (Lipinski definition) is 3. The second-order valence-electron chi connectivity index (χ2n) is 11.3. The zero-order valence-electron chi connectivity index (χ0n) is 26.8. The maximum Gasteiger partial charge on any atom is 0.407 e. The Hall–Kier alpha value is -3.96. The van der Waals surface area contributed by atoms with Crippen LogP contribution in [-0.2, 0) is 13.0 Å². The van der Waals surface area contributed by atoms with Gasteiger partial charge in [0.05, 0.1) is 18.7 Å². The fraction of sp³-hybridized carbons (Fsp3) is 0.400. The lowest BCUT2D eigenvalue weighted by atomic mass is 9.99. The van der Waals surface area contributed by atoms with Gasteiger partial charge in [0.15, 0.2) is 0 Å². The van der Waals surface area contributed by atoms with Gasteiger partial charge in [0, 0.05) is 41.7 Å². The number of amides is 3. The Morgan fingerprint density at radius 3 is 2.13 bits per heavy atom. The first-order valence-electron chi connectivity index (χ1n) is 15.5. The molecule has 11 heteroatoms. The Balaban J connectivity index is 1.90. The van der Waals surface area contributed by atoms with E-state index in [1.165, 1.54) is 6.07 Å². The molecule has 0 aliphatic heterocycles. The Labute approximate surface area is 273 Å². The summed E-state index contributed by atoms with van der Waals surface area (Å²) in [6.07, 6.45) is -1.35. The summed E-state index contributed by atoms with van der Waals surface area (Å²) in [4.78, 5) is 42.9. The van der Waals surface area contributed by atoms with E-state index in [2.05, 4.69) is 5.32 Å². The van der Waals surface area contributed by atoms with Crippen molar-refractivity contribution < 1.29 is 33.4 Å². The van der Waals surface area contributed by atoms with Gasteiger partial charge in [0.25, 0.3) is 11.8 Å². The van der Waals surface area contributed by atoms with E-state index in [-0.39, 0.29) is 36.5 Å². The molecule has 8 nitrogen and oxygen atoms in total. The molecule has 0 spiro atoms. The maximum atomic E-state index is 14.1. The van der Waals surface area contributed by atoms with Crippen molar-refractivity contribution in [1.82, 2.24) is 15.1 Å². The largest absolute Gasteiger partial charge is 0.465 e. The number of nitrogens with one attached hydrogen (secondary N) is 1. The molecule has 3 amide bonds. The highest BCUT2D eigenvalue weighted by molar-refractivity contribution is 7.99. The molecule has 0 heterocycles. The number of benzene rings is 3. The predicted molar refractivity (Wildman–Crippen MR) is 176 cm³/mol. The summed E-state index contributed by atoms with van der Waals surface area (Å²) < 4.78 is 28.2. The number of halogens is 2. The quantitative estimate of drug-likeness (QED) is 0.152. The Kier molecular flexibility index (Phi) is 14.0. The third-order valence-corrected chi connectivity index (χ3v) is 8.16. The molecule has 3 aromatic carbocycles. The first kappa shape index (κ1) is 36.5. The van der Waals surface area contributed by atoms with Crippen molar-refractivity contribution in [3.63, 3.8) is 0 Å². The number of aliphatic hydroxyl groups is 1. The van der Waals surface area contributed by atoms with E-state index in [9.17, 15) is 33.4 Å². The molecular formula is C35H43F2N3O5S. The number of carbonyl (C=O) groups excluding carboxylic acids is 2. The molecule has 0 aromatic heterocycles. The van der Waals surface area contributed by atoms with Crippen LogP contribution in [-0.4, -0.2) is 75.5 Å². The van der Waals surface area contributed by atoms with Crippen molar-refractivity contribution in [1.29, 1.82) is 0 Å². The van der Waals surface area contributed by atoms with Crippen LogP contribution in [0.15, 0.2) is 65.6 Å². The first-order valence-corrected chi connectivity index (χ1v) is 16.5. The summed E-state index contributed by atoms with van der Waals surface area (Å²) in [6, 6.07) is 14.0. The third-order valence-electron chi connectivity index (χ3n) is 7.28. The predicted octanol–water partition coefficient (Wildman–Crippen LogP) is 6.53. The minimum Gasteiger partial charge on any atom is -0.465 e. The van der Waals surface area contributed by atoms with Crippen molar-refractivity contribution in [3.05, 3.63) is 100 Å². The van der Waals surface area contributed by atoms with Gasteiger partial charge in [-0.1, -0.05) is 32.9 Å². The van der Waals surface area contributed by atoms with Crippen LogP contribution < -0.4 is 5.32 Å². The van der Waals surface area contributed by atoms with Gasteiger partial charge < -0.3 is 25.3 Å². The summed E-state index contributed by atoms with van der Waals surface area (Å²) in [5.41, 5.74) is 2.07. The topological polar surface area (TPSA) is 110 Å². The Bertz CT molecular complexity index is 1480. The number of nitrogens with zero attached hydrogens (tertiary/aromatic N) is 2. The van der Waals surface area contributed by atoms with Crippen molar-refractivity contribution in [2.75, 3.05) is 25.4 Å². The summed E-state index contributed by atoms with van der Waals surface area (Å²) in [6.45, 7) is 8.48.